The zero-order valence-electron chi connectivity index (χ0n) is 16.4. The molecule has 2 heteroatoms. The molecule has 0 aliphatic heterocycles. The topological polar surface area (TPSA) is 3.24 Å². The second-order valence-corrected chi connectivity index (χ2v) is 8.01. The molecule has 2 aromatic rings. The zero-order valence-corrected chi connectivity index (χ0v) is 16.4. The first-order valence-corrected chi connectivity index (χ1v) is 10.1. The Morgan fingerprint density at radius 3 is 2.15 bits per heavy atom. The third-order valence-electron chi connectivity index (χ3n) is 5.74. The molecule has 140 valence electrons. The highest BCUT2D eigenvalue weighted by Crippen LogP contribution is 2.49. The molecule has 0 spiro atoms. The average molecular weight is 354 g/mol. The Kier molecular flexibility index (Phi) is 6.13. The van der Waals surface area contributed by atoms with Crippen molar-refractivity contribution in [2.75, 3.05) is 0 Å². The smallest absolute Gasteiger partial charge is 0.136 e. The molecule has 0 N–H and O–H groups in total. The lowest BCUT2D eigenvalue weighted by molar-refractivity contribution is 0.132. The molecule has 2 aromatic carbocycles. The van der Waals surface area contributed by atoms with Gasteiger partial charge in [-0.2, -0.15) is 0 Å². The summed E-state index contributed by atoms with van der Waals surface area (Å²) >= 11 is 0. The number of benzene rings is 2. The Bertz CT molecular complexity index is 673. The van der Waals surface area contributed by atoms with Gasteiger partial charge in [-0.05, 0) is 62.6 Å². The quantitative estimate of drug-likeness (QED) is 0.514. The molecule has 26 heavy (non-hydrogen) atoms. The largest absolute Gasteiger partial charge is 0.294 e. The Morgan fingerprint density at radius 2 is 1.62 bits per heavy atom. The van der Waals surface area contributed by atoms with Crippen molar-refractivity contribution in [1.82, 2.24) is 4.90 Å². The van der Waals surface area contributed by atoms with Crippen LogP contribution in [0.2, 0.25) is 0 Å². The van der Waals surface area contributed by atoms with Crippen LogP contribution in [0.4, 0.5) is 4.39 Å². The van der Waals surface area contributed by atoms with Crippen LogP contribution in [0.5, 0.6) is 0 Å². The molecule has 1 atom stereocenters. The molecule has 1 aliphatic rings. The SMILES string of the molecule is CCC(CCc1ccc(C2(F)CC2)cc1)N(Cc1ccccc1)C(C)C. The van der Waals surface area contributed by atoms with Gasteiger partial charge >= 0.3 is 0 Å². The molecule has 0 heterocycles. The normalized spacial score (nSPS) is 16.8. The first-order valence-electron chi connectivity index (χ1n) is 10.1. The summed E-state index contributed by atoms with van der Waals surface area (Å²) in [4.78, 5) is 2.62. The summed E-state index contributed by atoms with van der Waals surface area (Å²) in [5, 5.41) is 0. The van der Waals surface area contributed by atoms with Gasteiger partial charge in [0.2, 0.25) is 0 Å². The van der Waals surface area contributed by atoms with Crippen LogP contribution in [0, 0.1) is 0 Å². The molecular weight excluding hydrogens is 321 g/mol. The number of halogens is 1. The van der Waals surface area contributed by atoms with Gasteiger partial charge < -0.3 is 0 Å². The molecule has 1 aliphatic carbocycles. The van der Waals surface area contributed by atoms with Crippen LogP contribution in [0.25, 0.3) is 0 Å². The van der Waals surface area contributed by atoms with E-state index in [1.165, 1.54) is 11.1 Å². The predicted molar refractivity (Wildman–Crippen MR) is 108 cm³/mol. The fourth-order valence-corrected chi connectivity index (χ4v) is 3.83. The second kappa shape index (κ2) is 8.35. The molecule has 0 radical (unpaired) electrons. The Labute approximate surface area is 158 Å². The summed E-state index contributed by atoms with van der Waals surface area (Å²) in [6.07, 6.45) is 4.72. The van der Waals surface area contributed by atoms with Crippen molar-refractivity contribution in [2.24, 2.45) is 0 Å². The van der Waals surface area contributed by atoms with E-state index in [4.69, 9.17) is 0 Å². The van der Waals surface area contributed by atoms with E-state index < -0.39 is 5.67 Å². The van der Waals surface area contributed by atoms with Crippen molar-refractivity contribution in [1.29, 1.82) is 0 Å². The van der Waals surface area contributed by atoms with Gasteiger partial charge in [0.05, 0.1) is 0 Å². The van der Waals surface area contributed by atoms with Crippen LogP contribution in [-0.2, 0) is 18.6 Å². The number of rotatable bonds is 9. The lowest BCUT2D eigenvalue weighted by Crippen LogP contribution is -2.39. The molecule has 1 unspecified atom stereocenters. The van der Waals surface area contributed by atoms with Crippen LogP contribution >= 0.6 is 0 Å². The highest BCUT2D eigenvalue weighted by atomic mass is 19.1. The van der Waals surface area contributed by atoms with Gasteiger partial charge in [-0.1, -0.05) is 61.5 Å². The van der Waals surface area contributed by atoms with Crippen molar-refractivity contribution in [2.45, 2.75) is 77.2 Å². The summed E-state index contributed by atoms with van der Waals surface area (Å²) in [5.74, 6) is 0. The zero-order chi connectivity index (χ0) is 18.6. The third kappa shape index (κ3) is 4.73. The number of alkyl halides is 1. The third-order valence-corrected chi connectivity index (χ3v) is 5.74. The molecule has 0 bridgehead atoms. The molecule has 1 saturated carbocycles. The van der Waals surface area contributed by atoms with Crippen LogP contribution in [-0.4, -0.2) is 17.0 Å². The predicted octanol–water partition coefficient (Wildman–Crippen LogP) is 6.27. The number of hydrogen-bond donors (Lipinski definition) is 0. The first-order chi connectivity index (χ1) is 12.5. The Hall–Kier alpha value is -1.67. The molecule has 1 fully saturated rings. The molecule has 0 aromatic heterocycles. The summed E-state index contributed by atoms with van der Waals surface area (Å²) in [6, 6.07) is 20.1. The monoisotopic (exact) mass is 353 g/mol. The van der Waals surface area contributed by atoms with E-state index in [0.29, 0.717) is 24.9 Å². The van der Waals surface area contributed by atoms with E-state index in [1.807, 2.05) is 12.1 Å². The highest BCUT2D eigenvalue weighted by Gasteiger charge is 2.44. The standard InChI is InChI=1S/C24H32FN/c1-4-23(26(19(2)3)18-21-8-6-5-7-9-21)15-12-20-10-13-22(14-11-20)24(25)16-17-24/h5-11,13-14,19,23H,4,12,15-18H2,1-3H3. The summed E-state index contributed by atoms with van der Waals surface area (Å²) in [6.45, 7) is 7.86. The average Bonchev–Trinajstić information content (AvgIpc) is 3.41. The van der Waals surface area contributed by atoms with Gasteiger partial charge in [0.15, 0.2) is 0 Å². The van der Waals surface area contributed by atoms with Crippen molar-refractivity contribution in [3.05, 3.63) is 71.3 Å². The summed E-state index contributed by atoms with van der Waals surface area (Å²) < 4.78 is 14.1. The van der Waals surface area contributed by atoms with E-state index in [-0.39, 0.29) is 0 Å². The molecule has 0 saturated heterocycles. The molecule has 3 rings (SSSR count). The van der Waals surface area contributed by atoms with Gasteiger partial charge in [-0.3, -0.25) is 4.90 Å². The fourth-order valence-electron chi connectivity index (χ4n) is 3.83. The van der Waals surface area contributed by atoms with Gasteiger partial charge in [0.25, 0.3) is 0 Å². The van der Waals surface area contributed by atoms with E-state index in [1.54, 1.807) is 0 Å². The maximum Gasteiger partial charge on any atom is 0.136 e. The van der Waals surface area contributed by atoms with Crippen LogP contribution < -0.4 is 0 Å². The van der Waals surface area contributed by atoms with Crippen molar-refractivity contribution < 1.29 is 4.39 Å². The van der Waals surface area contributed by atoms with Crippen molar-refractivity contribution in [3.63, 3.8) is 0 Å². The minimum Gasteiger partial charge on any atom is -0.294 e. The number of aryl methyl sites for hydroxylation is 1. The lowest BCUT2D eigenvalue weighted by atomic mass is 9.98. The van der Waals surface area contributed by atoms with E-state index >= 15 is 0 Å². The van der Waals surface area contributed by atoms with Crippen LogP contribution in [0.15, 0.2) is 54.6 Å². The van der Waals surface area contributed by atoms with Crippen molar-refractivity contribution >= 4 is 0 Å². The summed E-state index contributed by atoms with van der Waals surface area (Å²) in [5.41, 5.74) is 2.54. The second-order valence-electron chi connectivity index (χ2n) is 8.01. The van der Waals surface area contributed by atoms with E-state index in [0.717, 1.165) is 31.4 Å². The fraction of sp³-hybridized carbons (Fsp3) is 0.500. The highest BCUT2D eigenvalue weighted by molar-refractivity contribution is 5.31. The number of nitrogens with zero attached hydrogens (tertiary/aromatic N) is 1. The lowest BCUT2D eigenvalue weighted by Gasteiger charge is -2.35. The molecule has 0 amide bonds. The number of hydrogen-bond acceptors (Lipinski definition) is 1. The van der Waals surface area contributed by atoms with Gasteiger partial charge in [-0.15, -0.1) is 0 Å². The van der Waals surface area contributed by atoms with Crippen LogP contribution in [0.1, 0.15) is 63.1 Å². The summed E-state index contributed by atoms with van der Waals surface area (Å²) in [7, 11) is 0. The van der Waals surface area contributed by atoms with Crippen molar-refractivity contribution in [3.8, 4) is 0 Å². The minimum absolute atomic E-state index is 0.517. The maximum atomic E-state index is 14.1. The van der Waals surface area contributed by atoms with Gasteiger partial charge in [-0.25, -0.2) is 4.39 Å². The van der Waals surface area contributed by atoms with Crippen LogP contribution in [0.3, 0.4) is 0 Å². The van der Waals surface area contributed by atoms with Gasteiger partial charge in [0, 0.05) is 18.6 Å². The molecular formula is C24H32FN. The molecule has 1 nitrogen and oxygen atoms in total. The van der Waals surface area contributed by atoms with Gasteiger partial charge in [0.1, 0.15) is 5.67 Å². The Morgan fingerprint density at radius 1 is 0.962 bits per heavy atom. The maximum absolute atomic E-state index is 14.1. The first kappa shape index (κ1) is 19.1. The van der Waals surface area contributed by atoms with E-state index in [9.17, 15) is 4.39 Å². The Balaban J connectivity index is 1.61. The minimum atomic E-state index is -1.02. The van der Waals surface area contributed by atoms with E-state index in [2.05, 4.69) is 68.1 Å².